The Balaban J connectivity index is 1.29. The van der Waals surface area contributed by atoms with Gasteiger partial charge in [-0.3, -0.25) is 4.90 Å². The van der Waals surface area contributed by atoms with Crippen LogP contribution in [0.4, 0.5) is 0 Å². The molecule has 148 valence electrons. The quantitative estimate of drug-likeness (QED) is 0.510. The van der Waals surface area contributed by atoms with Crippen molar-refractivity contribution < 1.29 is 4.42 Å². The minimum Gasteiger partial charge on any atom is -0.439 e. The number of oxazole rings is 1. The van der Waals surface area contributed by atoms with Gasteiger partial charge in [-0.2, -0.15) is 5.26 Å². The van der Waals surface area contributed by atoms with Crippen molar-refractivity contribution in [2.45, 2.75) is 19.9 Å². The van der Waals surface area contributed by atoms with Crippen molar-refractivity contribution in [1.82, 2.24) is 14.9 Å². The number of aromatic nitrogens is 2. The second kappa shape index (κ2) is 7.66. The first-order valence-corrected chi connectivity index (χ1v) is 10.2. The largest absolute Gasteiger partial charge is 0.439 e. The van der Waals surface area contributed by atoms with E-state index in [-0.39, 0.29) is 0 Å². The molecule has 2 aromatic carbocycles. The molecule has 1 aliphatic heterocycles. The topological polar surface area (TPSA) is 68.8 Å². The highest BCUT2D eigenvalue weighted by Gasteiger charge is 2.19. The van der Waals surface area contributed by atoms with Crippen LogP contribution in [0.3, 0.4) is 0 Å². The van der Waals surface area contributed by atoms with Crippen LogP contribution in [0, 0.1) is 18.3 Å². The van der Waals surface area contributed by atoms with Gasteiger partial charge in [0.1, 0.15) is 0 Å². The predicted octanol–water partition coefficient (Wildman–Crippen LogP) is 5.29. The van der Waals surface area contributed by atoms with Crippen molar-refractivity contribution >= 4 is 16.5 Å². The summed E-state index contributed by atoms with van der Waals surface area (Å²) in [5.74, 6) is 1.45. The molecule has 0 spiro atoms. The Hall–Kier alpha value is -3.62. The van der Waals surface area contributed by atoms with Crippen molar-refractivity contribution in [3.05, 3.63) is 83.5 Å². The maximum atomic E-state index is 8.93. The standard InChI is InChI=1S/C25H22N4O/c1-17-25(21-4-2-3-5-22(21)28-17)20-10-12-29(13-11-20)16-24-27-15-23(30-24)19-8-6-18(14-26)7-9-19/h2-10,15,28H,11-13,16H2,1H3. The van der Waals surface area contributed by atoms with E-state index in [4.69, 9.17) is 9.68 Å². The number of benzene rings is 2. The molecule has 0 saturated heterocycles. The van der Waals surface area contributed by atoms with Gasteiger partial charge in [0, 0.05) is 40.8 Å². The number of para-hydroxylation sites is 1. The molecule has 0 unspecified atom stereocenters. The van der Waals surface area contributed by atoms with Crippen LogP contribution in [0.25, 0.3) is 27.8 Å². The minimum absolute atomic E-state index is 0.639. The Morgan fingerprint density at radius 3 is 2.77 bits per heavy atom. The van der Waals surface area contributed by atoms with Gasteiger partial charge in [0.05, 0.1) is 24.4 Å². The Bertz CT molecular complexity index is 1270. The molecule has 0 bridgehead atoms. The summed E-state index contributed by atoms with van der Waals surface area (Å²) in [5.41, 5.74) is 6.76. The predicted molar refractivity (Wildman–Crippen MR) is 118 cm³/mol. The van der Waals surface area contributed by atoms with Crippen molar-refractivity contribution in [3.8, 4) is 17.4 Å². The maximum Gasteiger partial charge on any atom is 0.209 e. The molecule has 30 heavy (non-hydrogen) atoms. The third kappa shape index (κ3) is 3.42. The summed E-state index contributed by atoms with van der Waals surface area (Å²) in [6, 6.07) is 18.0. The Kier molecular flexibility index (Phi) is 4.70. The van der Waals surface area contributed by atoms with Crippen LogP contribution in [0.1, 0.15) is 29.1 Å². The first kappa shape index (κ1) is 18.4. The summed E-state index contributed by atoms with van der Waals surface area (Å²) in [5, 5.41) is 10.2. The van der Waals surface area contributed by atoms with E-state index >= 15 is 0 Å². The summed E-state index contributed by atoms with van der Waals surface area (Å²) in [6.45, 7) is 4.69. The molecule has 0 fully saturated rings. The highest BCUT2D eigenvalue weighted by atomic mass is 16.4. The minimum atomic E-state index is 0.639. The van der Waals surface area contributed by atoms with Crippen molar-refractivity contribution in [3.63, 3.8) is 0 Å². The second-order valence-electron chi connectivity index (χ2n) is 7.69. The molecule has 5 heteroatoms. The number of aryl methyl sites for hydroxylation is 1. The average molecular weight is 394 g/mol. The number of nitriles is 1. The zero-order chi connectivity index (χ0) is 20.5. The van der Waals surface area contributed by atoms with Crippen LogP contribution < -0.4 is 0 Å². The molecule has 0 amide bonds. The number of hydrogen-bond donors (Lipinski definition) is 1. The summed E-state index contributed by atoms with van der Waals surface area (Å²) in [7, 11) is 0. The molecular formula is C25H22N4O. The van der Waals surface area contributed by atoms with Crippen LogP contribution in [0.5, 0.6) is 0 Å². The lowest BCUT2D eigenvalue weighted by Crippen LogP contribution is -2.28. The number of nitrogens with one attached hydrogen (secondary N) is 1. The normalized spacial score (nSPS) is 14.6. The molecular weight excluding hydrogens is 372 g/mol. The summed E-state index contributed by atoms with van der Waals surface area (Å²) >= 11 is 0. The lowest BCUT2D eigenvalue weighted by Gasteiger charge is -2.25. The molecule has 1 N–H and O–H groups in total. The first-order valence-electron chi connectivity index (χ1n) is 10.2. The number of aromatic amines is 1. The van der Waals surface area contributed by atoms with Gasteiger partial charge in [-0.05, 0) is 49.2 Å². The number of rotatable bonds is 4. The van der Waals surface area contributed by atoms with Gasteiger partial charge in [0.15, 0.2) is 5.76 Å². The zero-order valence-corrected chi connectivity index (χ0v) is 16.9. The SMILES string of the molecule is Cc1[nH]c2ccccc2c1C1=CCN(Cc2ncc(-c3ccc(C#N)cc3)o2)CC1. The van der Waals surface area contributed by atoms with E-state index < -0.39 is 0 Å². The van der Waals surface area contributed by atoms with Crippen LogP contribution in [0.15, 0.2) is 65.2 Å². The van der Waals surface area contributed by atoms with E-state index in [0.717, 1.165) is 36.7 Å². The molecule has 1 aliphatic rings. The van der Waals surface area contributed by atoms with Gasteiger partial charge in [-0.25, -0.2) is 4.98 Å². The molecule has 5 rings (SSSR count). The fourth-order valence-electron chi connectivity index (χ4n) is 4.19. The lowest BCUT2D eigenvalue weighted by molar-refractivity contribution is 0.263. The van der Waals surface area contributed by atoms with E-state index in [9.17, 15) is 0 Å². The first-order chi connectivity index (χ1) is 14.7. The number of hydrogen-bond acceptors (Lipinski definition) is 4. The highest BCUT2D eigenvalue weighted by Crippen LogP contribution is 2.32. The Morgan fingerprint density at radius 1 is 1.17 bits per heavy atom. The van der Waals surface area contributed by atoms with Crippen molar-refractivity contribution in [1.29, 1.82) is 5.26 Å². The monoisotopic (exact) mass is 394 g/mol. The van der Waals surface area contributed by atoms with Crippen LogP contribution in [-0.4, -0.2) is 28.0 Å². The van der Waals surface area contributed by atoms with Crippen LogP contribution >= 0.6 is 0 Å². The molecule has 0 radical (unpaired) electrons. The average Bonchev–Trinajstić information content (AvgIpc) is 3.38. The van der Waals surface area contributed by atoms with E-state index in [0.29, 0.717) is 12.1 Å². The fourth-order valence-corrected chi connectivity index (χ4v) is 4.19. The highest BCUT2D eigenvalue weighted by molar-refractivity contribution is 5.94. The smallest absolute Gasteiger partial charge is 0.209 e. The van der Waals surface area contributed by atoms with Gasteiger partial charge in [0.25, 0.3) is 0 Å². The maximum absolute atomic E-state index is 8.93. The van der Waals surface area contributed by atoms with Crippen LogP contribution in [-0.2, 0) is 6.54 Å². The number of nitrogens with zero attached hydrogens (tertiary/aromatic N) is 3. The van der Waals surface area contributed by atoms with E-state index in [2.05, 4.69) is 58.2 Å². The van der Waals surface area contributed by atoms with Crippen molar-refractivity contribution in [2.75, 3.05) is 13.1 Å². The molecule has 0 saturated carbocycles. The van der Waals surface area contributed by atoms with Gasteiger partial charge in [0.2, 0.25) is 5.89 Å². The van der Waals surface area contributed by atoms with Gasteiger partial charge in [-0.15, -0.1) is 0 Å². The zero-order valence-electron chi connectivity index (χ0n) is 16.9. The van der Waals surface area contributed by atoms with E-state index in [1.54, 1.807) is 18.3 Å². The molecule has 5 nitrogen and oxygen atoms in total. The lowest BCUT2D eigenvalue weighted by atomic mass is 9.97. The van der Waals surface area contributed by atoms with Gasteiger partial charge < -0.3 is 9.40 Å². The fraction of sp³-hybridized carbons (Fsp3) is 0.200. The van der Waals surface area contributed by atoms with Gasteiger partial charge in [-0.1, -0.05) is 24.3 Å². The summed E-state index contributed by atoms with van der Waals surface area (Å²) in [6.07, 6.45) is 5.10. The number of fused-ring (bicyclic) bond motifs is 1. The van der Waals surface area contributed by atoms with E-state index in [1.165, 1.54) is 27.7 Å². The summed E-state index contributed by atoms with van der Waals surface area (Å²) < 4.78 is 5.96. The third-order valence-corrected chi connectivity index (χ3v) is 5.72. The Morgan fingerprint density at radius 2 is 2.00 bits per heavy atom. The molecule has 2 aromatic heterocycles. The summed E-state index contributed by atoms with van der Waals surface area (Å²) in [4.78, 5) is 10.3. The molecule has 3 heterocycles. The van der Waals surface area contributed by atoms with E-state index in [1.807, 2.05) is 12.1 Å². The Labute approximate surface area is 175 Å². The molecule has 0 atom stereocenters. The number of H-pyrrole nitrogens is 1. The van der Waals surface area contributed by atoms with Crippen molar-refractivity contribution in [2.24, 2.45) is 0 Å². The molecule has 0 aliphatic carbocycles. The van der Waals surface area contributed by atoms with Gasteiger partial charge >= 0.3 is 0 Å². The second-order valence-corrected chi connectivity index (χ2v) is 7.69. The van der Waals surface area contributed by atoms with Crippen LogP contribution in [0.2, 0.25) is 0 Å². The third-order valence-electron chi connectivity index (χ3n) is 5.72. The molecule has 4 aromatic rings.